The van der Waals surface area contributed by atoms with Gasteiger partial charge in [0.15, 0.2) is 13.2 Å². The first-order valence-electron chi connectivity index (χ1n) is 10.1. The van der Waals surface area contributed by atoms with Crippen LogP contribution in [-0.2, 0) is 27.4 Å². The van der Waals surface area contributed by atoms with E-state index in [9.17, 15) is 9.59 Å². The van der Waals surface area contributed by atoms with Gasteiger partial charge in [-0.2, -0.15) is 0 Å². The first-order chi connectivity index (χ1) is 15.1. The van der Waals surface area contributed by atoms with Crippen LogP contribution in [0.5, 0.6) is 5.75 Å². The lowest BCUT2D eigenvalue weighted by atomic mass is 10.1. The molecule has 0 saturated carbocycles. The minimum atomic E-state index is -0.414. The Labute approximate surface area is 182 Å². The fourth-order valence-corrected chi connectivity index (χ4v) is 3.26. The standard InChI is InChI=1S/C25H26N2O4/c1-30-23-14-8-13-22(15-23)26-24(28)19-31-25(29)18-27(16-20-9-4-2-5-10-20)17-21-11-6-3-7-12-21/h2-15H,16-19H2,1H3,(H,26,28)/p+1. The average molecular weight is 420 g/mol. The molecule has 2 N–H and O–H groups in total. The van der Waals surface area contributed by atoms with E-state index in [-0.39, 0.29) is 13.2 Å². The van der Waals surface area contributed by atoms with Gasteiger partial charge in [0.25, 0.3) is 5.91 Å². The summed E-state index contributed by atoms with van der Waals surface area (Å²) in [6.45, 7) is 1.19. The van der Waals surface area contributed by atoms with E-state index in [4.69, 9.17) is 9.47 Å². The summed E-state index contributed by atoms with van der Waals surface area (Å²) in [5.41, 5.74) is 2.86. The van der Waals surface area contributed by atoms with Crippen molar-refractivity contribution in [2.45, 2.75) is 13.1 Å². The quantitative estimate of drug-likeness (QED) is 0.496. The summed E-state index contributed by atoms with van der Waals surface area (Å²) in [4.78, 5) is 25.6. The molecule has 0 radical (unpaired) electrons. The highest BCUT2D eigenvalue weighted by atomic mass is 16.5. The molecule has 0 fully saturated rings. The number of esters is 1. The zero-order chi connectivity index (χ0) is 21.9. The molecule has 0 aliphatic rings. The molecule has 0 heterocycles. The summed E-state index contributed by atoms with van der Waals surface area (Å²) >= 11 is 0. The number of hydrogen-bond donors (Lipinski definition) is 2. The zero-order valence-corrected chi connectivity index (χ0v) is 17.5. The number of quaternary nitrogens is 1. The van der Waals surface area contributed by atoms with Gasteiger partial charge in [-0.15, -0.1) is 0 Å². The molecule has 3 rings (SSSR count). The van der Waals surface area contributed by atoms with E-state index < -0.39 is 11.9 Å². The molecule has 6 heteroatoms. The van der Waals surface area contributed by atoms with Gasteiger partial charge in [0.05, 0.1) is 7.11 Å². The van der Waals surface area contributed by atoms with Crippen molar-refractivity contribution < 1.29 is 24.0 Å². The van der Waals surface area contributed by atoms with Crippen LogP contribution in [0.4, 0.5) is 5.69 Å². The third-order valence-corrected chi connectivity index (χ3v) is 4.71. The van der Waals surface area contributed by atoms with Crippen molar-refractivity contribution >= 4 is 17.6 Å². The molecule has 0 unspecified atom stereocenters. The van der Waals surface area contributed by atoms with Crippen molar-refractivity contribution in [3.05, 3.63) is 96.1 Å². The summed E-state index contributed by atoms with van der Waals surface area (Å²) in [5.74, 6) is -0.173. The lowest BCUT2D eigenvalue weighted by Crippen LogP contribution is -3.10. The van der Waals surface area contributed by atoms with Crippen molar-refractivity contribution in [2.75, 3.05) is 25.6 Å². The predicted octanol–water partition coefficient (Wildman–Crippen LogP) is 2.46. The van der Waals surface area contributed by atoms with Gasteiger partial charge in [0.1, 0.15) is 18.8 Å². The Balaban J connectivity index is 1.54. The molecule has 0 atom stereocenters. The summed E-state index contributed by atoms with van der Waals surface area (Å²) < 4.78 is 10.4. The van der Waals surface area contributed by atoms with Crippen LogP contribution in [0.15, 0.2) is 84.9 Å². The molecule has 0 aliphatic carbocycles. The number of methoxy groups -OCH3 is 1. The molecule has 31 heavy (non-hydrogen) atoms. The van der Waals surface area contributed by atoms with Crippen LogP contribution in [0.1, 0.15) is 11.1 Å². The van der Waals surface area contributed by atoms with Gasteiger partial charge < -0.3 is 19.7 Å². The maximum absolute atomic E-state index is 12.4. The van der Waals surface area contributed by atoms with Crippen molar-refractivity contribution in [3.8, 4) is 5.75 Å². The van der Waals surface area contributed by atoms with Crippen LogP contribution in [0, 0.1) is 0 Å². The maximum atomic E-state index is 12.4. The van der Waals surface area contributed by atoms with E-state index in [1.165, 1.54) is 0 Å². The van der Waals surface area contributed by atoms with Gasteiger partial charge in [-0.25, -0.2) is 4.79 Å². The number of amides is 1. The lowest BCUT2D eigenvalue weighted by Gasteiger charge is -2.19. The number of rotatable bonds is 10. The highest BCUT2D eigenvalue weighted by Crippen LogP contribution is 2.16. The van der Waals surface area contributed by atoms with Crippen LogP contribution < -0.4 is 15.0 Å². The molecule has 3 aromatic carbocycles. The van der Waals surface area contributed by atoms with Gasteiger partial charge in [0.2, 0.25) is 0 Å². The highest BCUT2D eigenvalue weighted by molar-refractivity contribution is 5.93. The second-order valence-corrected chi connectivity index (χ2v) is 7.19. The first-order valence-corrected chi connectivity index (χ1v) is 10.1. The molecule has 6 nitrogen and oxygen atoms in total. The third-order valence-electron chi connectivity index (χ3n) is 4.71. The van der Waals surface area contributed by atoms with Gasteiger partial charge in [-0.05, 0) is 12.1 Å². The summed E-state index contributed by atoms with van der Waals surface area (Å²) in [7, 11) is 1.56. The number of benzene rings is 3. The Kier molecular flexibility index (Phi) is 8.20. The van der Waals surface area contributed by atoms with Gasteiger partial charge in [-0.1, -0.05) is 66.7 Å². The number of carbonyl (C=O) groups is 2. The van der Waals surface area contributed by atoms with E-state index >= 15 is 0 Å². The van der Waals surface area contributed by atoms with Crippen LogP contribution >= 0.6 is 0 Å². The Morgan fingerprint density at radius 1 is 0.839 bits per heavy atom. The lowest BCUT2D eigenvalue weighted by molar-refractivity contribution is -0.920. The van der Waals surface area contributed by atoms with Gasteiger partial charge >= 0.3 is 5.97 Å². The summed E-state index contributed by atoms with van der Waals surface area (Å²) in [6.07, 6.45) is 0. The number of carbonyl (C=O) groups excluding carboxylic acids is 2. The molecule has 0 aliphatic heterocycles. The average Bonchev–Trinajstić information content (AvgIpc) is 2.79. The Morgan fingerprint density at radius 2 is 1.45 bits per heavy atom. The minimum absolute atomic E-state index is 0.163. The smallest absolute Gasteiger partial charge is 0.362 e. The largest absolute Gasteiger partial charge is 0.497 e. The molecule has 1 amide bonds. The summed E-state index contributed by atoms with van der Waals surface area (Å²) in [6, 6.07) is 27.0. The highest BCUT2D eigenvalue weighted by Gasteiger charge is 2.18. The molecule has 160 valence electrons. The maximum Gasteiger partial charge on any atom is 0.362 e. The van der Waals surface area contributed by atoms with E-state index in [0.717, 1.165) is 16.0 Å². The fourth-order valence-electron chi connectivity index (χ4n) is 3.26. The number of hydrogen-bond acceptors (Lipinski definition) is 4. The Bertz CT molecular complexity index is 936. The van der Waals surface area contributed by atoms with Crippen molar-refractivity contribution in [1.82, 2.24) is 0 Å². The van der Waals surface area contributed by atoms with Gasteiger partial charge in [0, 0.05) is 22.9 Å². The Morgan fingerprint density at radius 3 is 2.03 bits per heavy atom. The fraction of sp³-hybridized carbons (Fsp3) is 0.200. The van der Waals surface area contributed by atoms with E-state index in [1.54, 1.807) is 31.4 Å². The number of ether oxygens (including phenoxy) is 2. The normalized spacial score (nSPS) is 10.5. The van der Waals surface area contributed by atoms with E-state index in [2.05, 4.69) is 5.32 Å². The molecule has 0 bridgehead atoms. The molecular formula is C25H27N2O4+. The second kappa shape index (κ2) is 11.5. The van der Waals surface area contributed by atoms with Crippen molar-refractivity contribution in [3.63, 3.8) is 0 Å². The molecule has 0 aromatic heterocycles. The zero-order valence-electron chi connectivity index (χ0n) is 17.5. The Hall–Kier alpha value is -3.64. The molecular weight excluding hydrogens is 392 g/mol. The van der Waals surface area contributed by atoms with Gasteiger partial charge in [-0.3, -0.25) is 4.79 Å². The SMILES string of the molecule is COc1cccc(NC(=O)COC(=O)C[NH+](Cc2ccccc2)Cc2ccccc2)c1. The van der Waals surface area contributed by atoms with Crippen LogP contribution in [-0.4, -0.2) is 32.1 Å². The van der Waals surface area contributed by atoms with E-state index in [1.807, 2.05) is 60.7 Å². The molecule has 0 saturated heterocycles. The third kappa shape index (κ3) is 7.60. The predicted molar refractivity (Wildman–Crippen MR) is 119 cm³/mol. The molecule has 3 aromatic rings. The van der Waals surface area contributed by atoms with Crippen molar-refractivity contribution in [2.24, 2.45) is 0 Å². The topological polar surface area (TPSA) is 69.1 Å². The van der Waals surface area contributed by atoms with E-state index in [0.29, 0.717) is 24.5 Å². The first kappa shape index (κ1) is 22.1. The van der Waals surface area contributed by atoms with Crippen LogP contribution in [0.3, 0.4) is 0 Å². The number of nitrogens with one attached hydrogen (secondary N) is 2. The summed E-state index contributed by atoms with van der Waals surface area (Å²) in [5, 5.41) is 2.70. The van der Waals surface area contributed by atoms with Crippen LogP contribution in [0.2, 0.25) is 0 Å². The minimum Gasteiger partial charge on any atom is -0.497 e. The number of anilines is 1. The molecule has 0 spiro atoms. The van der Waals surface area contributed by atoms with Crippen LogP contribution in [0.25, 0.3) is 0 Å². The monoisotopic (exact) mass is 419 g/mol. The van der Waals surface area contributed by atoms with Crippen molar-refractivity contribution in [1.29, 1.82) is 0 Å². The second-order valence-electron chi connectivity index (χ2n) is 7.19.